The predicted octanol–water partition coefficient (Wildman–Crippen LogP) is -0.143. The van der Waals surface area contributed by atoms with Gasteiger partial charge in [-0.05, 0) is 26.3 Å². The van der Waals surface area contributed by atoms with Gasteiger partial charge in [-0.15, -0.1) is 0 Å². The quantitative estimate of drug-likeness (QED) is 0.661. The van der Waals surface area contributed by atoms with Crippen molar-refractivity contribution < 1.29 is 17.9 Å². The minimum Gasteiger partial charge on any atom is -0.469 e. The average Bonchev–Trinajstić information content (AvgIpc) is 2.38. The molecular formula is C11H22N2O4S. The van der Waals surface area contributed by atoms with Gasteiger partial charge in [0.05, 0.1) is 18.8 Å². The summed E-state index contributed by atoms with van der Waals surface area (Å²) in [4.78, 5) is 11.4. The molecule has 1 aliphatic rings. The molecule has 0 aromatic heterocycles. The van der Waals surface area contributed by atoms with Crippen LogP contribution in [0, 0.1) is 5.92 Å². The van der Waals surface area contributed by atoms with Gasteiger partial charge in [0.2, 0.25) is 10.0 Å². The summed E-state index contributed by atoms with van der Waals surface area (Å²) in [5, 5.41) is 3.19. The topological polar surface area (TPSA) is 84.5 Å². The number of carbonyl (C=O) groups excluding carboxylic acids is 1. The summed E-state index contributed by atoms with van der Waals surface area (Å²) < 4.78 is 29.5. The molecule has 7 heteroatoms. The summed E-state index contributed by atoms with van der Waals surface area (Å²) in [6.07, 6.45) is 3.54. The van der Waals surface area contributed by atoms with Crippen molar-refractivity contribution >= 4 is 16.0 Å². The number of rotatable bonds is 6. The van der Waals surface area contributed by atoms with E-state index >= 15 is 0 Å². The van der Waals surface area contributed by atoms with E-state index in [0.29, 0.717) is 6.54 Å². The molecule has 6 nitrogen and oxygen atoms in total. The molecule has 0 saturated heterocycles. The van der Waals surface area contributed by atoms with Crippen LogP contribution in [0.15, 0.2) is 0 Å². The minimum absolute atomic E-state index is 0.0536. The number of carbonyl (C=O) groups is 1. The maximum Gasteiger partial charge on any atom is 0.308 e. The SMILES string of the molecule is CNS(=O)(=O)CCNC1CCCC(C(=O)OC)C1. The monoisotopic (exact) mass is 278 g/mol. The van der Waals surface area contributed by atoms with Crippen molar-refractivity contribution in [3.05, 3.63) is 0 Å². The summed E-state index contributed by atoms with van der Waals surface area (Å²) in [6, 6.07) is 0.204. The molecule has 0 radical (unpaired) electrons. The van der Waals surface area contributed by atoms with Crippen LogP contribution >= 0.6 is 0 Å². The largest absolute Gasteiger partial charge is 0.469 e. The molecule has 0 amide bonds. The van der Waals surface area contributed by atoms with Gasteiger partial charge in [-0.25, -0.2) is 13.1 Å². The highest BCUT2D eigenvalue weighted by Gasteiger charge is 2.27. The van der Waals surface area contributed by atoms with Gasteiger partial charge in [0, 0.05) is 12.6 Å². The van der Waals surface area contributed by atoms with E-state index in [1.165, 1.54) is 14.2 Å². The second-order valence-corrected chi connectivity index (χ2v) is 6.61. The maximum absolute atomic E-state index is 11.4. The van der Waals surface area contributed by atoms with Crippen LogP contribution in [0.2, 0.25) is 0 Å². The van der Waals surface area contributed by atoms with Crippen molar-refractivity contribution in [1.82, 2.24) is 10.0 Å². The number of methoxy groups -OCH3 is 1. The normalized spacial score (nSPS) is 24.8. The molecule has 2 N–H and O–H groups in total. The number of esters is 1. The highest BCUT2D eigenvalue weighted by atomic mass is 32.2. The summed E-state index contributed by atoms with van der Waals surface area (Å²) in [6.45, 7) is 0.404. The van der Waals surface area contributed by atoms with Gasteiger partial charge in [0.15, 0.2) is 0 Å². The third-order valence-electron chi connectivity index (χ3n) is 3.32. The lowest BCUT2D eigenvalue weighted by atomic mass is 9.86. The smallest absolute Gasteiger partial charge is 0.308 e. The number of sulfonamides is 1. The Morgan fingerprint density at radius 1 is 1.39 bits per heavy atom. The fourth-order valence-corrected chi connectivity index (χ4v) is 2.85. The van der Waals surface area contributed by atoms with Crippen LogP contribution in [0.25, 0.3) is 0 Å². The van der Waals surface area contributed by atoms with E-state index in [-0.39, 0.29) is 23.7 Å². The number of ether oxygens (including phenoxy) is 1. The standard InChI is InChI=1S/C11H22N2O4S/c1-12-18(15,16)7-6-13-10-5-3-4-9(8-10)11(14)17-2/h9-10,12-13H,3-8H2,1-2H3. The van der Waals surface area contributed by atoms with E-state index in [4.69, 9.17) is 4.74 Å². The third kappa shape index (κ3) is 4.91. The van der Waals surface area contributed by atoms with Crippen LogP contribution in [0.4, 0.5) is 0 Å². The van der Waals surface area contributed by atoms with Gasteiger partial charge in [-0.2, -0.15) is 0 Å². The fraction of sp³-hybridized carbons (Fsp3) is 0.909. The van der Waals surface area contributed by atoms with Gasteiger partial charge >= 0.3 is 5.97 Å². The first kappa shape index (κ1) is 15.4. The Hall–Kier alpha value is -0.660. The van der Waals surface area contributed by atoms with Crippen LogP contribution in [0.3, 0.4) is 0 Å². The van der Waals surface area contributed by atoms with Gasteiger partial charge in [0.1, 0.15) is 0 Å². The highest BCUT2D eigenvalue weighted by Crippen LogP contribution is 2.25. The van der Waals surface area contributed by atoms with Crippen LogP contribution in [0.5, 0.6) is 0 Å². The van der Waals surface area contributed by atoms with E-state index in [1.807, 2.05) is 0 Å². The second kappa shape index (κ2) is 7.06. The van der Waals surface area contributed by atoms with Crippen molar-refractivity contribution in [2.24, 2.45) is 5.92 Å². The molecular weight excluding hydrogens is 256 g/mol. The van der Waals surface area contributed by atoms with E-state index in [9.17, 15) is 13.2 Å². The Morgan fingerprint density at radius 3 is 2.72 bits per heavy atom. The first-order valence-electron chi connectivity index (χ1n) is 6.21. The Morgan fingerprint density at radius 2 is 2.11 bits per heavy atom. The van der Waals surface area contributed by atoms with E-state index < -0.39 is 10.0 Å². The summed E-state index contributed by atoms with van der Waals surface area (Å²) in [5.74, 6) is -0.158. The van der Waals surface area contributed by atoms with Gasteiger partial charge in [0.25, 0.3) is 0 Å². The van der Waals surface area contributed by atoms with E-state index in [2.05, 4.69) is 10.0 Å². The Labute approximate surface area is 109 Å². The van der Waals surface area contributed by atoms with Crippen LogP contribution in [-0.4, -0.2) is 46.9 Å². The average molecular weight is 278 g/mol. The number of nitrogens with one attached hydrogen (secondary N) is 2. The van der Waals surface area contributed by atoms with Crippen molar-refractivity contribution in [3.8, 4) is 0 Å². The molecule has 1 rings (SSSR count). The number of hydrogen-bond acceptors (Lipinski definition) is 5. The lowest BCUT2D eigenvalue weighted by Gasteiger charge is -2.28. The minimum atomic E-state index is -3.16. The second-order valence-electron chi connectivity index (χ2n) is 4.56. The van der Waals surface area contributed by atoms with E-state index in [1.54, 1.807) is 0 Å². The summed E-state index contributed by atoms with van der Waals surface area (Å²) in [5.41, 5.74) is 0. The number of hydrogen-bond donors (Lipinski definition) is 2. The molecule has 2 atom stereocenters. The highest BCUT2D eigenvalue weighted by molar-refractivity contribution is 7.89. The van der Waals surface area contributed by atoms with Gasteiger partial charge in [-0.3, -0.25) is 4.79 Å². The van der Waals surface area contributed by atoms with Gasteiger partial charge in [-0.1, -0.05) is 6.42 Å². The molecule has 0 bridgehead atoms. The molecule has 0 spiro atoms. The molecule has 0 aromatic carbocycles. The Bertz CT molecular complexity index is 369. The zero-order valence-electron chi connectivity index (χ0n) is 10.9. The molecule has 1 aliphatic carbocycles. The lowest BCUT2D eigenvalue weighted by molar-refractivity contribution is -0.146. The lowest BCUT2D eigenvalue weighted by Crippen LogP contribution is -2.40. The molecule has 18 heavy (non-hydrogen) atoms. The molecule has 0 aliphatic heterocycles. The maximum atomic E-state index is 11.4. The van der Waals surface area contributed by atoms with Crippen molar-refractivity contribution in [3.63, 3.8) is 0 Å². The summed E-state index contributed by atoms with van der Waals surface area (Å²) >= 11 is 0. The molecule has 1 saturated carbocycles. The van der Waals surface area contributed by atoms with Crippen molar-refractivity contribution in [2.75, 3.05) is 26.5 Å². The molecule has 1 fully saturated rings. The molecule has 0 aromatic rings. The van der Waals surface area contributed by atoms with Crippen molar-refractivity contribution in [2.45, 2.75) is 31.7 Å². The van der Waals surface area contributed by atoms with Crippen LogP contribution in [-0.2, 0) is 19.6 Å². The predicted molar refractivity (Wildman–Crippen MR) is 68.6 cm³/mol. The first-order chi connectivity index (χ1) is 8.48. The first-order valence-corrected chi connectivity index (χ1v) is 7.86. The van der Waals surface area contributed by atoms with Gasteiger partial charge < -0.3 is 10.1 Å². The zero-order valence-corrected chi connectivity index (χ0v) is 11.8. The van der Waals surface area contributed by atoms with E-state index in [0.717, 1.165) is 25.7 Å². The zero-order chi connectivity index (χ0) is 13.6. The molecule has 0 heterocycles. The molecule has 2 unspecified atom stereocenters. The van der Waals surface area contributed by atoms with Crippen molar-refractivity contribution in [1.29, 1.82) is 0 Å². The Balaban J connectivity index is 2.33. The van der Waals surface area contributed by atoms with Crippen LogP contribution in [0.1, 0.15) is 25.7 Å². The fourth-order valence-electron chi connectivity index (χ4n) is 2.26. The van der Waals surface area contributed by atoms with Crippen LogP contribution < -0.4 is 10.0 Å². The summed E-state index contributed by atoms with van der Waals surface area (Å²) in [7, 11) is -0.351. The Kier molecular flexibility index (Phi) is 6.04. The third-order valence-corrected chi connectivity index (χ3v) is 4.69. The molecule has 106 valence electrons.